The van der Waals surface area contributed by atoms with E-state index in [4.69, 9.17) is 14.9 Å². The van der Waals surface area contributed by atoms with Gasteiger partial charge in [-0.15, -0.1) is 0 Å². The molecule has 0 aliphatic carbocycles. The monoisotopic (exact) mass is 481 g/mol. The summed E-state index contributed by atoms with van der Waals surface area (Å²) in [6.45, 7) is 18.0. The maximum Gasteiger partial charge on any atom is 0.223 e. The topological polar surface area (TPSA) is 65.3 Å². The molecule has 0 spiro atoms. The molecular formula is C29H43N3O3+2. The summed E-state index contributed by atoms with van der Waals surface area (Å²) < 4.78 is 3.57. The fraction of sp³-hybridized carbons (Fsp3) is 0.448. The second kappa shape index (κ2) is 14.7. The van der Waals surface area contributed by atoms with Crippen LogP contribution in [0.25, 0.3) is 0 Å². The smallest absolute Gasteiger partial charge is 0.223 e. The van der Waals surface area contributed by atoms with Gasteiger partial charge in [0.1, 0.15) is 14.2 Å². The van der Waals surface area contributed by atoms with E-state index in [1.54, 1.807) is 42.8 Å². The Morgan fingerprint density at radius 1 is 0.771 bits per heavy atom. The molecule has 0 aliphatic rings. The van der Waals surface area contributed by atoms with Gasteiger partial charge in [-0.1, -0.05) is 26.0 Å². The van der Waals surface area contributed by atoms with E-state index in [1.807, 2.05) is 62.7 Å². The Bertz CT molecular complexity index is 1020. The first kappa shape index (κ1) is 31.5. The predicted molar refractivity (Wildman–Crippen MR) is 143 cm³/mol. The fourth-order valence-corrected chi connectivity index (χ4v) is 2.76. The van der Waals surface area contributed by atoms with Crippen LogP contribution in [0.4, 0.5) is 0 Å². The average molecular weight is 482 g/mol. The number of carbonyl (C=O) groups excluding carboxylic acids is 1. The molecule has 0 atom stereocenters. The highest BCUT2D eigenvalue weighted by Gasteiger charge is 2.26. The average Bonchev–Trinajstić information content (AvgIpc) is 2.81. The highest BCUT2D eigenvalue weighted by molar-refractivity contribution is 5.94. The minimum Gasteiger partial charge on any atom is -0.295 e. The number of carbonyl (C=O) groups is 1. The summed E-state index contributed by atoms with van der Waals surface area (Å²) in [7, 11) is 3.29. The Morgan fingerprint density at radius 3 is 1.37 bits per heavy atom. The van der Waals surface area contributed by atoms with Crippen molar-refractivity contribution in [2.45, 2.75) is 73.4 Å². The van der Waals surface area contributed by atoms with Crippen LogP contribution in [0.2, 0.25) is 0 Å². The van der Waals surface area contributed by atoms with E-state index in [0.717, 1.165) is 16.7 Å². The first-order valence-corrected chi connectivity index (χ1v) is 11.8. The van der Waals surface area contributed by atoms with Crippen molar-refractivity contribution in [3.05, 3.63) is 70.8 Å². The standard InChI is InChI=1S/C14H20NO2.C13H17N2O.C2H6/c1-11(16)13-8-6-12(7-9-13)10-15(17-5)14(2,3)4;1-13(2,3)15(16-4)10-12-7-5-11(9-14)6-8-12;1-2/h6-10H,1-5H3;5-8,10H,1-4H3;1-2H3/q2*+1;/b2*15-10-;. The summed E-state index contributed by atoms with van der Waals surface area (Å²) in [4.78, 5) is 21.7. The van der Waals surface area contributed by atoms with Gasteiger partial charge in [-0.05, 0) is 52.8 Å². The van der Waals surface area contributed by atoms with Crippen molar-refractivity contribution in [1.82, 2.24) is 0 Å². The second-order valence-corrected chi connectivity index (χ2v) is 9.53. The van der Waals surface area contributed by atoms with Gasteiger partial charge in [0.25, 0.3) is 0 Å². The van der Waals surface area contributed by atoms with Crippen molar-refractivity contribution in [2.75, 3.05) is 14.2 Å². The number of hydrogen-bond donors (Lipinski definition) is 0. The molecule has 0 bridgehead atoms. The van der Waals surface area contributed by atoms with Gasteiger partial charge >= 0.3 is 0 Å². The molecule has 0 amide bonds. The van der Waals surface area contributed by atoms with Gasteiger partial charge in [-0.3, -0.25) is 14.5 Å². The van der Waals surface area contributed by atoms with Gasteiger partial charge in [0.15, 0.2) is 5.78 Å². The molecule has 0 saturated carbocycles. The fourth-order valence-electron chi connectivity index (χ4n) is 2.76. The van der Waals surface area contributed by atoms with E-state index in [-0.39, 0.29) is 16.9 Å². The lowest BCUT2D eigenvalue weighted by atomic mass is 10.1. The van der Waals surface area contributed by atoms with Crippen LogP contribution >= 0.6 is 0 Å². The third kappa shape index (κ3) is 11.5. The molecular weight excluding hydrogens is 438 g/mol. The molecule has 0 saturated heterocycles. The van der Waals surface area contributed by atoms with Gasteiger partial charge in [0.2, 0.25) is 23.5 Å². The van der Waals surface area contributed by atoms with Crippen LogP contribution in [0.5, 0.6) is 0 Å². The molecule has 6 nitrogen and oxygen atoms in total. The first-order chi connectivity index (χ1) is 16.3. The highest BCUT2D eigenvalue weighted by atomic mass is 16.7. The Morgan fingerprint density at radius 2 is 1.11 bits per heavy atom. The lowest BCUT2D eigenvalue weighted by molar-refractivity contribution is -0.821. The summed E-state index contributed by atoms with van der Waals surface area (Å²) >= 11 is 0. The van der Waals surface area contributed by atoms with E-state index in [1.165, 1.54) is 0 Å². The molecule has 0 unspecified atom stereocenters. The molecule has 2 aromatic rings. The lowest BCUT2D eigenvalue weighted by Gasteiger charge is -2.13. The van der Waals surface area contributed by atoms with Crippen molar-refractivity contribution < 1.29 is 23.9 Å². The van der Waals surface area contributed by atoms with Gasteiger partial charge < -0.3 is 0 Å². The zero-order chi connectivity index (χ0) is 27.2. The number of benzene rings is 2. The molecule has 2 rings (SSSR count). The molecule has 0 fully saturated rings. The van der Waals surface area contributed by atoms with Crippen LogP contribution in [0, 0.1) is 11.3 Å². The quantitative estimate of drug-likeness (QED) is 0.225. The van der Waals surface area contributed by atoms with Crippen LogP contribution in [0.15, 0.2) is 48.5 Å². The maximum atomic E-state index is 11.1. The van der Waals surface area contributed by atoms with E-state index in [9.17, 15) is 4.79 Å². The summed E-state index contributed by atoms with van der Waals surface area (Å²) in [6, 6.07) is 16.9. The molecule has 0 aliphatic heterocycles. The largest absolute Gasteiger partial charge is 0.295 e. The second-order valence-electron chi connectivity index (χ2n) is 9.53. The van der Waals surface area contributed by atoms with Crippen molar-refractivity contribution in [3.63, 3.8) is 0 Å². The predicted octanol–water partition coefficient (Wildman–Crippen LogP) is 6.06. The Hall–Kier alpha value is -3.46. The molecule has 0 heterocycles. The summed E-state index contributed by atoms with van der Waals surface area (Å²) in [5.74, 6) is 0.0796. The molecule has 35 heavy (non-hydrogen) atoms. The molecule has 0 aromatic heterocycles. The van der Waals surface area contributed by atoms with E-state index < -0.39 is 0 Å². The number of hydroxylamine groups is 2. The summed E-state index contributed by atoms with van der Waals surface area (Å²) in [6.07, 6.45) is 3.84. The normalized spacial score (nSPS) is 11.7. The molecule has 0 N–H and O–H groups in total. The Kier molecular flexibility index (Phi) is 13.3. The summed E-state index contributed by atoms with van der Waals surface area (Å²) in [5, 5.41) is 8.69. The third-order valence-electron chi connectivity index (χ3n) is 4.61. The van der Waals surface area contributed by atoms with Crippen molar-refractivity contribution in [3.8, 4) is 6.07 Å². The molecule has 0 radical (unpaired) electrons. The zero-order valence-electron chi connectivity index (χ0n) is 23.3. The highest BCUT2D eigenvalue weighted by Crippen LogP contribution is 2.10. The van der Waals surface area contributed by atoms with Crippen LogP contribution in [-0.2, 0) is 9.68 Å². The third-order valence-corrected chi connectivity index (χ3v) is 4.61. The van der Waals surface area contributed by atoms with E-state index in [2.05, 4.69) is 47.6 Å². The number of nitriles is 1. The van der Waals surface area contributed by atoms with Gasteiger partial charge in [-0.2, -0.15) is 5.26 Å². The molecule has 190 valence electrons. The summed E-state index contributed by atoms with van der Waals surface area (Å²) in [5.41, 5.74) is 3.21. The maximum absolute atomic E-state index is 11.1. The van der Waals surface area contributed by atoms with Crippen LogP contribution in [0.1, 0.15) is 89.4 Å². The number of ketones is 1. The van der Waals surface area contributed by atoms with Crippen LogP contribution in [-0.4, -0.2) is 53.0 Å². The van der Waals surface area contributed by atoms with Gasteiger partial charge in [0.05, 0.1) is 11.6 Å². The SMILES string of the molecule is CC.CO/[N+](=C\c1ccc(C#N)cc1)C(C)(C)C.CO/[N+](=C\c1ccc(C(C)=O)cc1)C(C)(C)C. The lowest BCUT2D eigenvalue weighted by Crippen LogP contribution is -2.33. The van der Waals surface area contributed by atoms with Crippen molar-refractivity contribution in [2.24, 2.45) is 0 Å². The number of Topliss-reactive ketones (excluding diaryl/α,β-unsaturated/α-hetero) is 1. The van der Waals surface area contributed by atoms with Crippen molar-refractivity contribution in [1.29, 1.82) is 5.26 Å². The van der Waals surface area contributed by atoms with E-state index >= 15 is 0 Å². The number of nitrogens with zero attached hydrogens (tertiary/aromatic N) is 3. The number of rotatable bonds is 5. The van der Waals surface area contributed by atoms with Gasteiger partial charge in [-0.25, -0.2) is 0 Å². The number of hydrogen-bond acceptors (Lipinski definition) is 4. The minimum atomic E-state index is -0.103. The van der Waals surface area contributed by atoms with E-state index in [0.29, 0.717) is 5.56 Å². The Labute approximate surface area is 212 Å². The van der Waals surface area contributed by atoms with Crippen LogP contribution in [0.3, 0.4) is 0 Å². The molecule has 6 heteroatoms. The Balaban J connectivity index is 0.000000618. The van der Waals surface area contributed by atoms with Crippen LogP contribution < -0.4 is 0 Å². The minimum absolute atomic E-state index is 0.0796. The van der Waals surface area contributed by atoms with Gasteiger partial charge in [0, 0.05) is 58.2 Å². The van der Waals surface area contributed by atoms with Crippen molar-refractivity contribution >= 4 is 18.2 Å². The molecule has 2 aromatic carbocycles. The first-order valence-electron chi connectivity index (χ1n) is 11.8. The zero-order valence-corrected chi connectivity index (χ0v) is 23.3.